The zero-order valence-electron chi connectivity index (χ0n) is 19.8. The highest BCUT2D eigenvalue weighted by Crippen LogP contribution is 2.49. The van der Waals surface area contributed by atoms with Crippen LogP contribution in [-0.2, 0) is 23.2 Å². The number of aromatic nitrogens is 6. The van der Waals surface area contributed by atoms with E-state index in [4.69, 9.17) is 0 Å². The molecule has 0 spiro atoms. The van der Waals surface area contributed by atoms with Gasteiger partial charge in [-0.1, -0.05) is 44.5 Å². The van der Waals surface area contributed by atoms with Crippen LogP contribution in [0.15, 0.2) is 52.5 Å². The fraction of sp³-hybridized carbons (Fsp3) is 0.440. The molecule has 4 unspecified atom stereocenters. The molecule has 1 aromatic carbocycles. The van der Waals surface area contributed by atoms with Gasteiger partial charge in [0.15, 0.2) is 0 Å². The number of aromatic amines is 1. The van der Waals surface area contributed by atoms with E-state index < -0.39 is 17.3 Å². The van der Waals surface area contributed by atoms with Crippen LogP contribution >= 0.6 is 0 Å². The first-order chi connectivity index (χ1) is 16.9. The van der Waals surface area contributed by atoms with Crippen LogP contribution in [-0.4, -0.2) is 47.0 Å². The first kappa shape index (κ1) is 22.9. The second-order valence-electron chi connectivity index (χ2n) is 9.54. The number of carboxylic acid groups (broad SMARTS) is 1. The fourth-order valence-corrected chi connectivity index (χ4v) is 5.21. The number of aliphatic imine (C=N–C) groups is 1. The summed E-state index contributed by atoms with van der Waals surface area (Å²) in [7, 11) is 0. The second-order valence-corrected chi connectivity index (χ2v) is 9.54. The molecule has 4 atom stereocenters. The average molecular weight is 476 g/mol. The number of aliphatic carboxylic acids is 1. The van der Waals surface area contributed by atoms with Gasteiger partial charge < -0.3 is 5.11 Å². The molecular weight excluding hydrogens is 446 g/mol. The normalized spacial score (nSPS) is 25.1. The molecule has 0 radical (unpaired) electrons. The van der Waals surface area contributed by atoms with Crippen LogP contribution < -0.4 is 5.69 Å². The summed E-state index contributed by atoms with van der Waals surface area (Å²) in [6.07, 6.45) is 10.9. The number of aryl methyl sites for hydroxylation is 1. The highest BCUT2D eigenvalue weighted by Gasteiger charge is 2.54. The molecule has 0 amide bonds. The number of nitrogens with one attached hydrogen (secondary N) is 1. The summed E-state index contributed by atoms with van der Waals surface area (Å²) in [6.45, 7) is 4.44. The van der Waals surface area contributed by atoms with Gasteiger partial charge in [0.1, 0.15) is 0 Å². The molecule has 3 aromatic rings. The number of hydrogen-bond acceptors (Lipinski definition) is 6. The Balaban J connectivity index is 1.56. The standard InChI is InChI=1S/C25H29N7O3/c1-3-4-8-19-14-31(21-16(2)20(21)23(33)34)24(35)32(19)15-25(9-11-26-12-10-25)18-7-5-6-17(13-18)22-27-29-30-28-22/h5-7,9,11-14,16,20-21H,3-4,8,10,15H2,1-2H3,(H,33,34)(H,27,28,29,30). The van der Waals surface area contributed by atoms with Crippen molar-refractivity contribution < 1.29 is 9.90 Å². The minimum Gasteiger partial charge on any atom is -0.481 e. The monoisotopic (exact) mass is 475 g/mol. The van der Waals surface area contributed by atoms with E-state index in [1.807, 2.05) is 48.2 Å². The summed E-state index contributed by atoms with van der Waals surface area (Å²) in [5.74, 6) is -0.935. The summed E-state index contributed by atoms with van der Waals surface area (Å²) < 4.78 is 3.49. The number of tetrazole rings is 1. The zero-order valence-corrected chi connectivity index (χ0v) is 19.8. The van der Waals surface area contributed by atoms with Gasteiger partial charge >= 0.3 is 11.7 Å². The maximum Gasteiger partial charge on any atom is 0.328 e. The molecular formula is C25H29N7O3. The largest absolute Gasteiger partial charge is 0.481 e. The quantitative estimate of drug-likeness (QED) is 0.489. The summed E-state index contributed by atoms with van der Waals surface area (Å²) in [4.78, 5) is 29.6. The van der Waals surface area contributed by atoms with Gasteiger partial charge in [-0.2, -0.15) is 5.21 Å². The topological polar surface area (TPSA) is 131 Å². The molecule has 3 heterocycles. The molecule has 2 N–H and O–H groups in total. The van der Waals surface area contributed by atoms with Crippen molar-refractivity contribution in [1.82, 2.24) is 29.8 Å². The third kappa shape index (κ3) is 4.13. The van der Waals surface area contributed by atoms with Crippen molar-refractivity contribution in [1.29, 1.82) is 0 Å². The van der Waals surface area contributed by atoms with Crippen molar-refractivity contribution >= 4 is 12.2 Å². The number of carbonyl (C=O) groups is 1. The van der Waals surface area contributed by atoms with E-state index in [0.29, 0.717) is 18.8 Å². The van der Waals surface area contributed by atoms with Gasteiger partial charge in [-0.15, -0.1) is 10.2 Å². The molecule has 2 aliphatic rings. The molecule has 1 saturated carbocycles. The van der Waals surface area contributed by atoms with Crippen molar-refractivity contribution in [2.75, 3.05) is 0 Å². The lowest BCUT2D eigenvalue weighted by molar-refractivity contribution is -0.139. The number of benzene rings is 1. The molecule has 0 saturated heterocycles. The van der Waals surface area contributed by atoms with E-state index in [2.05, 4.69) is 38.6 Å². The van der Waals surface area contributed by atoms with Crippen LogP contribution in [0.25, 0.3) is 11.4 Å². The number of H-pyrrole nitrogens is 1. The Morgan fingerprint density at radius 2 is 2.20 bits per heavy atom. The van der Waals surface area contributed by atoms with Crippen molar-refractivity contribution in [3.63, 3.8) is 0 Å². The number of allylic oxidation sites excluding steroid dienone is 1. The maximum absolute atomic E-state index is 13.7. The predicted octanol–water partition coefficient (Wildman–Crippen LogP) is 2.99. The molecule has 2 aromatic heterocycles. The Morgan fingerprint density at radius 1 is 1.34 bits per heavy atom. The molecule has 5 rings (SSSR count). The summed E-state index contributed by atoms with van der Waals surface area (Å²) in [5, 5.41) is 23.9. The summed E-state index contributed by atoms with van der Waals surface area (Å²) >= 11 is 0. The molecule has 35 heavy (non-hydrogen) atoms. The smallest absolute Gasteiger partial charge is 0.328 e. The SMILES string of the molecule is CCCCc1cn(C2C(C)C2C(=O)O)c(=O)n1CC1(c2cccc(-c3nn[nH]n3)c2)C=CN=CC1. The Hall–Kier alpha value is -3.82. The third-order valence-electron chi connectivity index (χ3n) is 7.33. The molecule has 10 nitrogen and oxygen atoms in total. The first-order valence-electron chi connectivity index (χ1n) is 12.0. The van der Waals surface area contributed by atoms with Crippen molar-refractivity contribution in [3.8, 4) is 11.4 Å². The highest BCUT2D eigenvalue weighted by atomic mass is 16.4. The van der Waals surface area contributed by atoms with Crippen LogP contribution in [0.4, 0.5) is 0 Å². The lowest BCUT2D eigenvalue weighted by Crippen LogP contribution is -2.37. The van der Waals surface area contributed by atoms with Gasteiger partial charge in [-0.3, -0.25) is 18.9 Å². The Bertz CT molecular complexity index is 1340. The summed E-state index contributed by atoms with van der Waals surface area (Å²) in [6, 6.07) is 7.66. The number of nitrogens with zero attached hydrogens (tertiary/aromatic N) is 6. The van der Waals surface area contributed by atoms with Gasteiger partial charge in [0.2, 0.25) is 5.82 Å². The van der Waals surface area contributed by atoms with Crippen molar-refractivity contribution in [3.05, 3.63) is 64.5 Å². The number of imidazole rings is 1. The lowest BCUT2D eigenvalue weighted by Gasteiger charge is -2.32. The molecule has 0 bridgehead atoms. The van der Waals surface area contributed by atoms with Crippen LogP contribution in [0.1, 0.15) is 50.4 Å². The number of carboxylic acids is 1. The number of rotatable bonds is 9. The molecule has 1 fully saturated rings. The van der Waals surface area contributed by atoms with Gasteiger partial charge in [-0.05, 0) is 42.0 Å². The fourth-order valence-electron chi connectivity index (χ4n) is 5.21. The first-order valence-corrected chi connectivity index (χ1v) is 12.0. The van der Waals surface area contributed by atoms with E-state index in [1.54, 1.807) is 10.8 Å². The molecule has 10 heteroatoms. The van der Waals surface area contributed by atoms with Crippen LogP contribution in [0.2, 0.25) is 0 Å². The zero-order chi connectivity index (χ0) is 24.6. The Morgan fingerprint density at radius 3 is 2.86 bits per heavy atom. The van der Waals surface area contributed by atoms with Gasteiger partial charge in [0, 0.05) is 41.8 Å². The van der Waals surface area contributed by atoms with E-state index in [9.17, 15) is 14.7 Å². The molecule has 182 valence electrons. The Kier molecular flexibility index (Phi) is 5.96. The minimum atomic E-state index is -0.849. The minimum absolute atomic E-state index is 0.0672. The van der Waals surface area contributed by atoms with Gasteiger partial charge in [-0.25, -0.2) is 4.79 Å². The number of unbranched alkanes of at least 4 members (excludes halogenated alkanes) is 1. The van der Waals surface area contributed by atoms with E-state index in [1.165, 1.54) is 0 Å². The Labute approximate surface area is 202 Å². The van der Waals surface area contributed by atoms with Crippen LogP contribution in [0.3, 0.4) is 0 Å². The van der Waals surface area contributed by atoms with Crippen molar-refractivity contribution in [2.24, 2.45) is 16.8 Å². The molecule has 1 aliphatic heterocycles. The molecule has 1 aliphatic carbocycles. The summed E-state index contributed by atoms with van der Waals surface area (Å²) in [5.41, 5.74) is 2.14. The van der Waals surface area contributed by atoms with Crippen molar-refractivity contribution in [2.45, 2.75) is 57.5 Å². The van der Waals surface area contributed by atoms with E-state index in [-0.39, 0.29) is 17.6 Å². The van der Waals surface area contributed by atoms with Gasteiger partial charge in [0.25, 0.3) is 0 Å². The second kappa shape index (κ2) is 9.09. The van der Waals surface area contributed by atoms with Crippen LogP contribution in [0, 0.1) is 11.8 Å². The van der Waals surface area contributed by atoms with Gasteiger partial charge in [0.05, 0.1) is 12.0 Å². The van der Waals surface area contributed by atoms with Crippen LogP contribution in [0.5, 0.6) is 0 Å². The van der Waals surface area contributed by atoms with E-state index >= 15 is 0 Å². The lowest BCUT2D eigenvalue weighted by atomic mass is 9.76. The third-order valence-corrected chi connectivity index (χ3v) is 7.33. The average Bonchev–Trinajstić information content (AvgIpc) is 3.18. The predicted molar refractivity (Wildman–Crippen MR) is 130 cm³/mol. The van der Waals surface area contributed by atoms with E-state index in [0.717, 1.165) is 36.1 Å². The maximum atomic E-state index is 13.7. The highest BCUT2D eigenvalue weighted by molar-refractivity contribution is 5.74. The number of hydrogen-bond donors (Lipinski definition) is 2.